The van der Waals surface area contributed by atoms with Crippen molar-refractivity contribution in [2.45, 2.75) is 11.9 Å². The van der Waals surface area contributed by atoms with Crippen LogP contribution in [-0.2, 0) is 11.9 Å². The normalized spacial score (nSPS) is 13.9. The molecule has 1 aliphatic rings. The number of carbonyl (C=O) groups excluding carboxylic acids is 1. The second-order valence-electron chi connectivity index (χ2n) is 7.05. The van der Waals surface area contributed by atoms with Crippen molar-refractivity contribution in [2.24, 2.45) is 4.99 Å². The largest absolute Gasteiger partial charge is 0.416 e. The molecule has 0 bridgehead atoms. The lowest BCUT2D eigenvalue weighted by atomic mass is 10.0. The van der Waals surface area contributed by atoms with Crippen LogP contribution < -0.4 is 0 Å². The number of nitrogens with zero attached hydrogens (tertiary/aromatic N) is 2. The molecule has 1 heterocycles. The molecule has 0 unspecified atom stereocenters. The van der Waals surface area contributed by atoms with Crippen LogP contribution >= 0.6 is 11.8 Å². The van der Waals surface area contributed by atoms with E-state index in [0.717, 1.165) is 23.3 Å². The molecule has 0 atom stereocenters. The summed E-state index contributed by atoms with van der Waals surface area (Å²) in [6, 6.07) is 22.5. The van der Waals surface area contributed by atoms with E-state index in [1.54, 1.807) is 23.1 Å². The highest BCUT2D eigenvalue weighted by Crippen LogP contribution is 2.31. The summed E-state index contributed by atoms with van der Waals surface area (Å²) in [7, 11) is 0. The highest BCUT2D eigenvalue weighted by Gasteiger charge is 2.30. The van der Waals surface area contributed by atoms with Crippen LogP contribution in [0.5, 0.6) is 0 Å². The van der Waals surface area contributed by atoms with E-state index >= 15 is 0 Å². The molecule has 158 valence electrons. The molecule has 0 N–H and O–H groups in total. The zero-order chi connectivity index (χ0) is 21.8. The van der Waals surface area contributed by atoms with Crippen molar-refractivity contribution in [3.63, 3.8) is 0 Å². The third kappa shape index (κ3) is 4.99. The molecule has 0 fully saturated rings. The monoisotopic (exact) mass is 440 g/mol. The Labute approximate surface area is 182 Å². The highest BCUT2D eigenvalue weighted by atomic mass is 32.2. The van der Waals surface area contributed by atoms with Gasteiger partial charge in [0.05, 0.1) is 12.1 Å². The first-order chi connectivity index (χ1) is 14.9. The number of thioether (sulfide) groups is 1. The molecule has 1 aliphatic heterocycles. The second kappa shape index (κ2) is 8.98. The fourth-order valence-corrected chi connectivity index (χ4v) is 4.30. The number of halogens is 3. The number of rotatable bonds is 4. The summed E-state index contributed by atoms with van der Waals surface area (Å²) < 4.78 is 38.8. The molecule has 0 aliphatic carbocycles. The Kier molecular flexibility index (Phi) is 6.13. The lowest BCUT2D eigenvalue weighted by Crippen LogP contribution is -2.32. The topological polar surface area (TPSA) is 32.7 Å². The molecule has 0 aromatic heterocycles. The first kappa shape index (κ1) is 21.2. The fourth-order valence-electron chi connectivity index (χ4n) is 3.32. The number of alkyl halides is 3. The Morgan fingerprint density at radius 3 is 2.35 bits per heavy atom. The number of hydrogen-bond donors (Lipinski definition) is 0. The van der Waals surface area contributed by atoms with E-state index in [-0.39, 0.29) is 5.91 Å². The zero-order valence-electron chi connectivity index (χ0n) is 16.5. The number of benzene rings is 3. The molecule has 3 aromatic rings. The van der Waals surface area contributed by atoms with Crippen LogP contribution in [-0.4, -0.2) is 29.1 Å². The third-order valence-corrected chi connectivity index (χ3v) is 5.99. The van der Waals surface area contributed by atoms with E-state index in [4.69, 9.17) is 0 Å². The van der Waals surface area contributed by atoms with E-state index in [1.807, 2.05) is 42.5 Å². The molecule has 31 heavy (non-hydrogen) atoms. The smallest absolute Gasteiger partial charge is 0.286 e. The molecular formula is C24H19F3N2OS. The summed E-state index contributed by atoms with van der Waals surface area (Å²) in [5.41, 5.74) is 2.50. The van der Waals surface area contributed by atoms with Crippen molar-refractivity contribution in [1.82, 2.24) is 4.90 Å². The maximum absolute atomic E-state index is 13.0. The minimum Gasteiger partial charge on any atom is -0.286 e. The van der Waals surface area contributed by atoms with Crippen LogP contribution in [0.2, 0.25) is 0 Å². The van der Waals surface area contributed by atoms with Gasteiger partial charge in [0.2, 0.25) is 0 Å². The Balaban J connectivity index is 1.43. The zero-order valence-corrected chi connectivity index (χ0v) is 17.3. The summed E-state index contributed by atoms with van der Waals surface area (Å²) in [6.07, 6.45) is -4.38. The summed E-state index contributed by atoms with van der Waals surface area (Å²) >= 11 is 1.28. The van der Waals surface area contributed by atoms with Gasteiger partial charge in [0.25, 0.3) is 5.91 Å². The number of amidine groups is 1. The standard InChI is InChI=1S/C24H19F3N2OS/c25-24(26,27)21-8-4-5-17(15-21)16-31-23-28-13-14-29(23)22(30)20-11-9-19(10-12-20)18-6-2-1-3-7-18/h1-12,15H,13-14,16H2. The van der Waals surface area contributed by atoms with Gasteiger partial charge in [0.15, 0.2) is 5.17 Å². The van der Waals surface area contributed by atoms with Gasteiger partial charge >= 0.3 is 6.18 Å². The Hall–Kier alpha value is -3.06. The van der Waals surface area contributed by atoms with Crippen molar-refractivity contribution < 1.29 is 18.0 Å². The molecule has 0 saturated carbocycles. The van der Waals surface area contributed by atoms with Crippen molar-refractivity contribution in [3.05, 3.63) is 95.6 Å². The van der Waals surface area contributed by atoms with Gasteiger partial charge in [-0.05, 0) is 34.9 Å². The maximum atomic E-state index is 13.0. The average molecular weight is 440 g/mol. The van der Waals surface area contributed by atoms with Gasteiger partial charge in [-0.25, -0.2) is 0 Å². The molecule has 0 radical (unpaired) electrons. The van der Waals surface area contributed by atoms with Crippen LogP contribution in [0, 0.1) is 0 Å². The molecule has 4 rings (SSSR count). The minimum absolute atomic E-state index is 0.160. The van der Waals surface area contributed by atoms with Crippen molar-refractivity contribution in [2.75, 3.05) is 13.1 Å². The quantitative estimate of drug-likeness (QED) is 0.490. The SMILES string of the molecule is O=C(c1ccc(-c2ccccc2)cc1)N1CCN=C1SCc1cccc(C(F)(F)F)c1. The van der Waals surface area contributed by atoms with Crippen LogP contribution in [0.3, 0.4) is 0 Å². The summed E-state index contributed by atoms with van der Waals surface area (Å²) in [5, 5.41) is 0.537. The van der Waals surface area contributed by atoms with Gasteiger partial charge in [-0.3, -0.25) is 14.7 Å². The number of amides is 1. The molecule has 3 nitrogen and oxygen atoms in total. The first-order valence-electron chi connectivity index (χ1n) is 9.72. The summed E-state index contributed by atoms with van der Waals surface area (Å²) in [6.45, 7) is 0.947. The van der Waals surface area contributed by atoms with Crippen LogP contribution in [0.15, 0.2) is 83.9 Å². The van der Waals surface area contributed by atoms with E-state index < -0.39 is 11.7 Å². The van der Waals surface area contributed by atoms with Gasteiger partial charge in [0, 0.05) is 17.9 Å². The van der Waals surface area contributed by atoms with Gasteiger partial charge < -0.3 is 0 Å². The van der Waals surface area contributed by atoms with E-state index in [2.05, 4.69) is 4.99 Å². The van der Waals surface area contributed by atoms with Crippen LogP contribution in [0.4, 0.5) is 13.2 Å². The van der Waals surface area contributed by atoms with Gasteiger partial charge in [0.1, 0.15) is 0 Å². The molecular weight excluding hydrogens is 421 g/mol. The van der Waals surface area contributed by atoms with Gasteiger partial charge in [-0.1, -0.05) is 72.4 Å². The van der Waals surface area contributed by atoms with Crippen molar-refractivity contribution >= 4 is 22.8 Å². The van der Waals surface area contributed by atoms with Crippen molar-refractivity contribution in [3.8, 4) is 11.1 Å². The van der Waals surface area contributed by atoms with Gasteiger partial charge in [-0.15, -0.1) is 0 Å². The molecule has 0 saturated heterocycles. The van der Waals surface area contributed by atoms with Crippen LogP contribution in [0.25, 0.3) is 11.1 Å². The predicted octanol–water partition coefficient (Wildman–Crippen LogP) is 6.12. The number of aliphatic imine (C=N–C) groups is 1. The first-order valence-corrected chi connectivity index (χ1v) is 10.7. The average Bonchev–Trinajstić information content (AvgIpc) is 3.26. The van der Waals surface area contributed by atoms with E-state index in [1.165, 1.54) is 17.8 Å². The lowest BCUT2D eigenvalue weighted by molar-refractivity contribution is -0.137. The summed E-state index contributed by atoms with van der Waals surface area (Å²) in [4.78, 5) is 19.0. The number of carbonyl (C=O) groups is 1. The number of hydrogen-bond acceptors (Lipinski definition) is 3. The molecule has 1 amide bonds. The van der Waals surface area contributed by atoms with E-state index in [0.29, 0.717) is 35.1 Å². The maximum Gasteiger partial charge on any atom is 0.416 e. The third-order valence-electron chi connectivity index (χ3n) is 4.91. The Morgan fingerprint density at radius 1 is 0.935 bits per heavy atom. The molecule has 7 heteroatoms. The lowest BCUT2D eigenvalue weighted by Gasteiger charge is -2.18. The molecule has 3 aromatic carbocycles. The van der Waals surface area contributed by atoms with Gasteiger partial charge in [-0.2, -0.15) is 13.2 Å². The minimum atomic E-state index is -4.38. The molecule has 0 spiro atoms. The van der Waals surface area contributed by atoms with E-state index in [9.17, 15) is 18.0 Å². The Morgan fingerprint density at radius 2 is 1.65 bits per heavy atom. The predicted molar refractivity (Wildman–Crippen MR) is 118 cm³/mol. The van der Waals surface area contributed by atoms with Crippen LogP contribution in [0.1, 0.15) is 21.5 Å². The highest BCUT2D eigenvalue weighted by molar-refractivity contribution is 8.13. The fraction of sp³-hybridized carbons (Fsp3) is 0.167. The Bertz CT molecular complexity index is 1100. The summed E-state index contributed by atoms with van der Waals surface area (Å²) in [5.74, 6) is 0.145. The van der Waals surface area contributed by atoms with Crippen molar-refractivity contribution in [1.29, 1.82) is 0 Å². The second-order valence-corrected chi connectivity index (χ2v) is 7.99.